The molecule has 1 atom stereocenters. The Morgan fingerprint density at radius 3 is 2.65 bits per heavy atom. The van der Waals surface area contributed by atoms with Crippen LogP contribution in [0.5, 0.6) is 5.88 Å². The predicted molar refractivity (Wildman–Crippen MR) is 148 cm³/mol. The van der Waals surface area contributed by atoms with E-state index in [9.17, 15) is 22.4 Å². The van der Waals surface area contributed by atoms with Gasteiger partial charge in [0.05, 0.1) is 28.2 Å². The fourth-order valence-electron chi connectivity index (χ4n) is 4.11. The first-order chi connectivity index (χ1) is 19.1. The fourth-order valence-corrected chi connectivity index (χ4v) is 5.69. The van der Waals surface area contributed by atoms with Crippen molar-refractivity contribution < 1.29 is 22.3 Å². The van der Waals surface area contributed by atoms with Crippen LogP contribution >= 0.6 is 11.6 Å². The lowest BCUT2D eigenvalue weighted by molar-refractivity contribution is -0.124. The maximum absolute atomic E-state index is 13.5. The van der Waals surface area contributed by atoms with Crippen molar-refractivity contribution in [2.45, 2.75) is 37.3 Å². The smallest absolute Gasteiger partial charge is 0.263 e. The number of hydrogen-bond donors (Lipinski definition) is 2. The Balaban J connectivity index is 1.53. The van der Waals surface area contributed by atoms with Crippen LogP contribution in [0.25, 0.3) is 22.0 Å². The zero-order valence-electron chi connectivity index (χ0n) is 21.5. The van der Waals surface area contributed by atoms with Crippen LogP contribution in [0.4, 0.5) is 10.1 Å². The van der Waals surface area contributed by atoms with Crippen molar-refractivity contribution >= 4 is 44.1 Å². The maximum atomic E-state index is 13.5. The second kappa shape index (κ2) is 10.9. The lowest BCUT2D eigenvalue weighted by atomic mass is 10.0. The van der Waals surface area contributed by atoms with Crippen LogP contribution in [-0.2, 0) is 21.4 Å². The first kappa shape index (κ1) is 27.5. The van der Waals surface area contributed by atoms with Crippen molar-refractivity contribution in [3.63, 3.8) is 0 Å². The van der Waals surface area contributed by atoms with E-state index < -0.39 is 21.8 Å². The van der Waals surface area contributed by atoms with Crippen LogP contribution in [0.3, 0.4) is 0 Å². The summed E-state index contributed by atoms with van der Waals surface area (Å²) in [5.41, 5.74) is 1.28. The van der Waals surface area contributed by atoms with Crippen molar-refractivity contribution in [1.29, 1.82) is 0 Å². The molecule has 0 bridgehead atoms. The van der Waals surface area contributed by atoms with Gasteiger partial charge in [-0.2, -0.15) is 0 Å². The van der Waals surface area contributed by atoms with Crippen LogP contribution in [0.2, 0.25) is 5.02 Å². The summed E-state index contributed by atoms with van der Waals surface area (Å²) in [5.74, 6) is -1.23. The molecule has 1 aliphatic carbocycles. The Labute approximate surface area is 234 Å². The lowest BCUT2D eigenvalue weighted by Gasteiger charge is -2.15. The van der Waals surface area contributed by atoms with E-state index in [1.807, 2.05) is 0 Å². The lowest BCUT2D eigenvalue weighted by Crippen LogP contribution is -2.32. The minimum atomic E-state index is -4.23. The zero-order chi connectivity index (χ0) is 28.6. The molecule has 13 heteroatoms. The minimum Gasteiger partial charge on any atom is -0.473 e. The number of hydrogen-bond acceptors (Lipinski definition) is 7. The average molecular weight is 586 g/mol. The number of aromatic nitrogens is 3. The Morgan fingerprint density at radius 1 is 1.18 bits per heavy atom. The number of nitrogens with zero attached hydrogens (tertiary/aromatic N) is 3. The predicted octanol–water partition coefficient (Wildman–Crippen LogP) is 3.98. The number of pyridine rings is 1. The standard InChI is InChI=1S/C27H25ClFN5O5S/c1-15(25(35)30-2)13-34-14-32-22-7-3-16(9-20(22)27(34)36)17-10-23(26(31-12-17)39-19-5-6-19)33-40(37,38)24-8-4-18(29)11-21(24)28/h3-4,7-12,14-15,19,33H,5-6,13H2,1-2H3,(H,30,35). The van der Waals surface area contributed by atoms with Gasteiger partial charge in [0.25, 0.3) is 15.6 Å². The Morgan fingerprint density at radius 2 is 1.95 bits per heavy atom. The molecule has 2 heterocycles. The molecule has 2 aromatic heterocycles. The van der Waals surface area contributed by atoms with E-state index in [-0.39, 0.29) is 45.6 Å². The Kier molecular flexibility index (Phi) is 7.47. The molecular weight excluding hydrogens is 561 g/mol. The highest BCUT2D eigenvalue weighted by Crippen LogP contribution is 2.35. The van der Waals surface area contributed by atoms with Crippen LogP contribution in [-0.4, -0.2) is 42.0 Å². The maximum Gasteiger partial charge on any atom is 0.263 e. The number of halogens is 2. The molecule has 208 valence electrons. The number of sulfonamides is 1. The van der Waals surface area contributed by atoms with Crippen LogP contribution < -0.4 is 20.3 Å². The largest absolute Gasteiger partial charge is 0.473 e. The molecule has 1 unspecified atom stereocenters. The topological polar surface area (TPSA) is 132 Å². The SMILES string of the molecule is CNC(=O)C(C)Cn1cnc2ccc(-c3cnc(OC4CC4)c(NS(=O)(=O)c4ccc(F)cc4Cl)c3)cc2c1=O. The van der Waals surface area contributed by atoms with Crippen LogP contribution in [0, 0.1) is 11.7 Å². The summed E-state index contributed by atoms with van der Waals surface area (Å²) >= 11 is 6.02. The number of anilines is 1. The molecule has 1 aliphatic rings. The third-order valence-electron chi connectivity index (χ3n) is 6.40. The molecule has 0 radical (unpaired) electrons. The number of carbonyl (C=O) groups is 1. The molecule has 2 aromatic carbocycles. The van der Waals surface area contributed by atoms with Gasteiger partial charge in [0.15, 0.2) is 0 Å². The number of benzene rings is 2. The molecule has 2 N–H and O–H groups in total. The van der Waals surface area contributed by atoms with E-state index >= 15 is 0 Å². The van der Waals surface area contributed by atoms with E-state index in [1.54, 1.807) is 31.2 Å². The van der Waals surface area contributed by atoms with E-state index in [4.69, 9.17) is 16.3 Å². The van der Waals surface area contributed by atoms with E-state index in [2.05, 4.69) is 20.0 Å². The second-order valence-corrected chi connectivity index (χ2v) is 11.6. The molecule has 1 amide bonds. The van der Waals surface area contributed by atoms with Gasteiger partial charge in [-0.05, 0) is 54.8 Å². The van der Waals surface area contributed by atoms with Gasteiger partial charge in [0.1, 0.15) is 22.5 Å². The summed E-state index contributed by atoms with van der Waals surface area (Å²) in [6, 6.07) is 9.59. The number of fused-ring (bicyclic) bond motifs is 1. The van der Waals surface area contributed by atoms with Gasteiger partial charge in [-0.3, -0.25) is 18.9 Å². The molecule has 0 spiro atoms. The third-order valence-corrected chi connectivity index (χ3v) is 8.25. The second-order valence-electron chi connectivity index (χ2n) is 9.52. The van der Waals surface area contributed by atoms with Gasteiger partial charge in [-0.15, -0.1) is 0 Å². The first-order valence-electron chi connectivity index (χ1n) is 12.4. The first-order valence-corrected chi connectivity index (χ1v) is 14.3. The minimum absolute atomic E-state index is 0.0629. The summed E-state index contributed by atoms with van der Waals surface area (Å²) < 4.78 is 49.5. The highest BCUT2D eigenvalue weighted by atomic mass is 35.5. The Bertz CT molecular complexity index is 1790. The molecule has 4 aromatic rings. The van der Waals surface area contributed by atoms with Gasteiger partial charge >= 0.3 is 0 Å². The van der Waals surface area contributed by atoms with Crippen molar-refractivity contribution in [3.8, 4) is 17.0 Å². The van der Waals surface area contributed by atoms with E-state index in [0.717, 1.165) is 31.0 Å². The molecule has 1 fully saturated rings. The zero-order valence-corrected chi connectivity index (χ0v) is 23.1. The van der Waals surface area contributed by atoms with Crippen molar-refractivity contribution in [1.82, 2.24) is 19.9 Å². The molecule has 5 rings (SSSR count). The summed E-state index contributed by atoms with van der Waals surface area (Å²) in [6.07, 6.45) is 4.50. The van der Waals surface area contributed by atoms with Gasteiger partial charge in [-0.25, -0.2) is 22.8 Å². The van der Waals surface area contributed by atoms with Gasteiger partial charge < -0.3 is 10.1 Å². The number of amides is 1. The third kappa shape index (κ3) is 5.77. The number of nitrogens with one attached hydrogen (secondary N) is 2. The molecule has 0 saturated heterocycles. The van der Waals surface area contributed by atoms with Gasteiger partial charge in [0, 0.05) is 25.4 Å². The van der Waals surface area contributed by atoms with Gasteiger partial charge in [-0.1, -0.05) is 24.6 Å². The van der Waals surface area contributed by atoms with Crippen molar-refractivity contribution in [3.05, 3.63) is 76.2 Å². The van der Waals surface area contributed by atoms with Gasteiger partial charge in [0.2, 0.25) is 11.8 Å². The highest BCUT2D eigenvalue weighted by Gasteiger charge is 2.27. The Hall–Kier alpha value is -4.03. The summed E-state index contributed by atoms with van der Waals surface area (Å²) in [5, 5.41) is 2.61. The van der Waals surface area contributed by atoms with E-state index in [0.29, 0.717) is 22.0 Å². The van der Waals surface area contributed by atoms with Crippen molar-refractivity contribution in [2.24, 2.45) is 5.92 Å². The van der Waals surface area contributed by atoms with Crippen LogP contribution in [0.1, 0.15) is 19.8 Å². The summed E-state index contributed by atoms with van der Waals surface area (Å²) in [6.45, 7) is 1.86. The monoisotopic (exact) mass is 585 g/mol. The molecule has 40 heavy (non-hydrogen) atoms. The normalized spacial score (nSPS) is 14.1. The number of rotatable bonds is 9. The average Bonchev–Trinajstić information content (AvgIpc) is 3.74. The molecular formula is C27H25ClFN5O5S. The fraction of sp³-hybridized carbons (Fsp3) is 0.259. The van der Waals surface area contributed by atoms with Crippen molar-refractivity contribution in [2.75, 3.05) is 11.8 Å². The quantitative estimate of drug-likeness (QED) is 0.304. The number of carbonyl (C=O) groups excluding carboxylic acids is 1. The highest BCUT2D eigenvalue weighted by molar-refractivity contribution is 7.92. The summed E-state index contributed by atoms with van der Waals surface area (Å²) in [4.78, 5) is 33.6. The molecule has 10 nitrogen and oxygen atoms in total. The summed E-state index contributed by atoms with van der Waals surface area (Å²) in [7, 11) is -2.70. The van der Waals surface area contributed by atoms with E-state index in [1.165, 1.54) is 24.1 Å². The molecule has 1 saturated carbocycles. The number of ether oxygens (including phenoxy) is 1. The van der Waals surface area contributed by atoms with Crippen LogP contribution in [0.15, 0.2) is 64.7 Å². The molecule has 0 aliphatic heterocycles.